The molecule has 0 N–H and O–H groups in total. The Morgan fingerprint density at radius 1 is 1.08 bits per heavy atom. The van der Waals surface area contributed by atoms with E-state index in [-0.39, 0.29) is 82.4 Å². The Morgan fingerprint density at radius 3 is 2.39 bits per heavy atom. The van der Waals surface area contributed by atoms with Crippen molar-refractivity contribution >= 4 is 41.7 Å². The molecule has 1 radical (unpaired) electrons. The van der Waals surface area contributed by atoms with Gasteiger partial charge in [0.1, 0.15) is 5.78 Å². The van der Waals surface area contributed by atoms with Crippen LogP contribution in [-0.2, 0) is 52.0 Å². The summed E-state index contributed by atoms with van der Waals surface area (Å²) in [4.78, 5) is 63.6. The second-order valence-electron chi connectivity index (χ2n) is 10.7. The average molecular weight is 562 g/mol. The van der Waals surface area contributed by atoms with Gasteiger partial charge in [0.2, 0.25) is 5.78 Å². The zero-order chi connectivity index (χ0) is 24.9. The van der Waals surface area contributed by atoms with Gasteiger partial charge in [0.25, 0.3) is 0 Å². The molecule has 4 aliphatic carbocycles. The summed E-state index contributed by atoms with van der Waals surface area (Å²) in [5.41, 5.74) is -1.88. The molecule has 201 valence electrons. The molecule has 4 rings (SSSR count). The van der Waals surface area contributed by atoms with E-state index in [9.17, 15) is 24.0 Å². The Morgan fingerprint density at radius 2 is 1.75 bits per heavy atom. The predicted octanol–water partition coefficient (Wildman–Crippen LogP) is 4.60. The molecule has 0 aromatic rings. The van der Waals surface area contributed by atoms with E-state index in [2.05, 4.69) is 0 Å². The van der Waals surface area contributed by atoms with Gasteiger partial charge in [0, 0.05) is 57.4 Å². The third-order valence-electron chi connectivity index (χ3n) is 9.06. The van der Waals surface area contributed by atoms with Crippen LogP contribution in [0.5, 0.6) is 0 Å². The number of fused-ring (bicyclic) bond motifs is 5. The van der Waals surface area contributed by atoms with E-state index in [1.807, 2.05) is 19.9 Å². The molecule has 0 saturated heterocycles. The summed E-state index contributed by atoms with van der Waals surface area (Å²) < 4.78 is 11.1. The fourth-order valence-electron chi connectivity index (χ4n) is 7.33. The Balaban J connectivity index is 0.00000342. The van der Waals surface area contributed by atoms with Crippen molar-refractivity contribution < 1.29 is 54.9 Å². The van der Waals surface area contributed by atoms with Crippen LogP contribution in [0.1, 0.15) is 75.5 Å². The maximum Gasteiger partial charge on any atom is 0.306 e. The molecular weight excluding hydrogens is 523 g/mol. The fraction of sp³-hybridized carbons (Fsp3) is 0.667. The Kier molecular flexibility index (Phi) is 9.30. The Hall–Kier alpha value is -1.70. The van der Waals surface area contributed by atoms with Crippen molar-refractivity contribution in [1.82, 2.24) is 0 Å². The van der Waals surface area contributed by atoms with Crippen LogP contribution < -0.4 is 0 Å². The van der Waals surface area contributed by atoms with Crippen LogP contribution in [0.4, 0.5) is 0 Å². The number of esters is 2. The van der Waals surface area contributed by atoms with E-state index in [1.165, 1.54) is 0 Å². The first-order chi connectivity index (χ1) is 16.0. The van der Waals surface area contributed by atoms with Gasteiger partial charge in [-0.2, -0.15) is 0 Å². The first kappa shape index (κ1) is 30.5. The van der Waals surface area contributed by atoms with Crippen LogP contribution in [-0.4, -0.2) is 41.5 Å². The Labute approximate surface area is 233 Å². The number of allylic oxidation sites excluding steroid dienone is 4. The number of Topliss-reactive ketones (excluding diaryl/α,β-unsaturated/α-hetero) is 2. The number of carbonyl (C=O) groups is 5. The molecule has 0 bridgehead atoms. The van der Waals surface area contributed by atoms with E-state index in [0.29, 0.717) is 12.8 Å². The summed E-state index contributed by atoms with van der Waals surface area (Å²) in [7, 11) is 0. The maximum absolute atomic E-state index is 13.8. The molecule has 6 atom stereocenters. The Bertz CT molecular complexity index is 1030. The second kappa shape index (κ2) is 11.0. The first-order valence-electron chi connectivity index (χ1n) is 12.4. The molecule has 36 heavy (non-hydrogen) atoms. The summed E-state index contributed by atoms with van der Waals surface area (Å²) in [5, 5.41) is 0. The van der Waals surface area contributed by atoms with E-state index in [4.69, 9.17) is 9.47 Å². The number of carbonyl (C=O) groups excluding carboxylic acids is 5. The summed E-state index contributed by atoms with van der Waals surface area (Å²) in [6.45, 7) is 6.78. The monoisotopic (exact) mass is 561 g/mol. The van der Waals surface area contributed by atoms with Crippen LogP contribution in [0.3, 0.4) is 0 Å². The van der Waals surface area contributed by atoms with Gasteiger partial charge in [-0.15, -0.1) is 12.4 Å². The SMILES string of the molecule is CCC(=O)OCC(=O)[C@@]1(OC(=O)CC)CCC2[C@@H]3CCC4=CC(=O)C=CC4(C)C3C(=O)C[C@@]21C.Cl.[HH].[HH].[V]. The van der Waals surface area contributed by atoms with Crippen molar-refractivity contribution in [2.45, 2.75) is 78.2 Å². The molecule has 0 heterocycles. The van der Waals surface area contributed by atoms with Crippen LogP contribution in [0.15, 0.2) is 23.8 Å². The topological polar surface area (TPSA) is 104 Å². The standard InChI is InChI=1S/C27H34O7.ClH.V.2H2/c1-5-22(31)33-15-21(30)27(34-23(32)6-2)12-10-19-18-8-7-16-13-17(28)9-11-25(16,3)24(18)20(29)14-26(19,27)4;;;;/h9,11,13,18-19,24H,5-8,10,12,14-15H2,1-4H3;1H;;2*1H/t18-,19?,24?,25?,26-,27-;;;;/m0..../s1. The van der Waals surface area contributed by atoms with Gasteiger partial charge in [0.15, 0.2) is 18.0 Å². The van der Waals surface area contributed by atoms with Crippen LogP contribution in [0.25, 0.3) is 0 Å². The van der Waals surface area contributed by atoms with E-state index in [0.717, 1.165) is 18.4 Å². The van der Waals surface area contributed by atoms with Crippen LogP contribution >= 0.6 is 12.4 Å². The molecule has 7 nitrogen and oxygen atoms in total. The smallest absolute Gasteiger partial charge is 0.306 e. The summed E-state index contributed by atoms with van der Waals surface area (Å²) >= 11 is 0. The summed E-state index contributed by atoms with van der Waals surface area (Å²) in [5.74, 6) is -1.72. The van der Waals surface area contributed by atoms with Gasteiger partial charge in [-0.05, 0) is 49.7 Å². The van der Waals surface area contributed by atoms with Gasteiger partial charge in [-0.25, -0.2) is 0 Å². The first-order valence-corrected chi connectivity index (χ1v) is 12.4. The fourth-order valence-corrected chi connectivity index (χ4v) is 7.33. The summed E-state index contributed by atoms with van der Waals surface area (Å²) in [6, 6.07) is 0. The molecule has 4 aliphatic rings. The molecule has 3 unspecified atom stereocenters. The van der Waals surface area contributed by atoms with Crippen LogP contribution in [0.2, 0.25) is 0 Å². The van der Waals surface area contributed by atoms with Gasteiger partial charge < -0.3 is 9.47 Å². The third-order valence-corrected chi connectivity index (χ3v) is 9.06. The molecule has 3 fully saturated rings. The van der Waals surface area contributed by atoms with E-state index in [1.54, 1.807) is 26.0 Å². The van der Waals surface area contributed by atoms with Crippen LogP contribution in [0, 0.1) is 28.6 Å². The second-order valence-corrected chi connectivity index (χ2v) is 10.7. The predicted molar refractivity (Wildman–Crippen MR) is 134 cm³/mol. The maximum atomic E-state index is 13.8. The molecule has 3 saturated carbocycles. The van der Waals surface area contributed by atoms with Crippen molar-refractivity contribution in [2.24, 2.45) is 28.6 Å². The van der Waals surface area contributed by atoms with Gasteiger partial charge in [0.05, 0.1) is 0 Å². The minimum atomic E-state index is -1.49. The molecule has 0 aromatic carbocycles. The normalized spacial score (nSPS) is 36.2. The molecule has 0 spiro atoms. The van der Waals surface area contributed by atoms with Crippen molar-refractivity contribution in [1.29, 1.82) is 0 Å². The van der Waals surface area contributed by atoms with Crippen molar-refractivity contribution in [2.75, 3.05) is 6.61 Å². The number of rotatable bonds is 6. The number of hydrogen-bond donors (Lipinski definition) is 0. The summed E-state index contributed by atoms with van der Waals surface area (Å²) in [6.07, 6.45) is 7.89. The number of halogens is 1. The zero-order valence-corrected chi connectivity index (χ0v) is 23.5. The number of ether oxygens (including phenoxy) is 2. The zero-order valence-electron chi connectivity index (χ0n) is 21.3. The number of ketones is 3. The van der Waals surface area contributed by atoms with Gasteiger partial charge in [-0.3, -0.25) is 24.0 Å². The number of hydrogen-bond acceptors (Lipinski definition) is 7. The minimum Gasteiger partial charge on any atom is -0.457 e. The molecule has 0 aromatic heterocycles. The minimum absolute atomic E-state index is 0. The average Bonchev–Trinajstić information content (AvgIpc) is 3.09. The van der Waals surface area contributed by atoms with Crippen molar-refractivity contribution in [3.05, 3.63) is 23.8 Å². The van der Waals surface area contributed by atoms with Crippen molar-refractivity contribution in [3.8, 4) is 0 Å². The molecule has 0 aliphatic heterocycles. The molecule has 0 amide bonds. The van der Waals surface area contributed by atoms with E-state index < -0.39 is 40.8 Å². The molecule has 9 heteroatoms. The van der Waals surface area contributed by atoms with Gasteiger partial charge >= 0.3 is 11.9 Å². The van der Waals surface area contributed by atoms with E-state index >= 15 is 0 Å². The van der Waals surface area contributed by atoms with Gasteiger partial charge in [-0.1, -0.05) is 39.3 Å². The molecular formula is C27H39ClO7V. The quantitative estimate of drug-likeness (QED) is 0.437. The largest absolute Gasteiger partial charge is 0.457 e. The van der Waals surface area contributed by atoms with Crippen molar-refractivity contribution in [3.63, 3.8) is 0 Å². The third kappa shape index (κ3) is 4.56.